The minimum Gasteiger partial charge on any atom is -0.370 e. The Balaban J connectivity index is 1.74. The Morgan fingerprint density at radius 1 is 1.29 bits per heavy atom. The zero-order chi connectivity index (χ0) is 9.38. The summed E-state index contributed by atoms with van der Waals surface area (Å²) in [7, 11) is 0. The van der Waals surface area contributed by atoms with Crippen molar-refractivity contribution in [1.82, 2.24) is 9.78 Å². The van der Waals surface area contributed by atoms with Crippen LogP contribution in [0.1, 0.15) is 25.7 Å². The molecule has 0 bridgehead atoms. The maximum atomic E-state index is 4.33. The van der Waals surface area contributed by atoms with Gasteiger partial charge in [-0.1, -0.05) is 25.7 Å². The third-order valence-corrected chi connectivity index (χ3v) is 3.74. The predicted molar refractivity (Wildman–Crippen MR) is 56.2 cm³/mol. The highest BCUT2D eigenvalue weighted by Gasteiger charge is 2.28. The molecule has 1 aliphatic heterocycles. The molecule has 2 heterocycles. The van der Waals surface area contributed by atoms with E-state index < -0.39 is 0 Å². The first kappa shape index (κ1) is 8.33. The summed E-state index contributed by atoms with van der Waals surface area (Å²) in [5, 5.41) is 7.80. The van der Waals surface area contributed by atoms with Gasteiger partial charge in [-0.25, -0.2) is 4.68 Å². The molecule has 2 aliphatic rings. The van der Waals surface area contributed by atoms with Gasteiger partial charge in [-0.15, -0.1) is 0 Å². The SMILES string of the molecule is c1cc2n(n1)CC(C1CCCC1)CN2. The Morgan fingerprint density at radius 3 is 3.00 bits per heavy atom. The largest absolute Gasteiger partial charge is 0.370 e. The van der Waals surface area contributed by atoms with Crippen LogP contribution in [0, 0.1) is 11.8 Å². The van der Waals surface area contributed by atoms with Crippen molar-refractivity contribution in [2.45, 2.75) is 32.2 Å². The number of nitrogens with zero attached hydrogens (tertiary/aromatic N) is 2. The summed E-state index contributed by atoms with van der Waals surface area (Å²) in [4.78, 5) is 0. The number of rotatable bonds is 1. The highest BCUT2D eigenvalue weighted by Crippen LogP contribution is 2.34. The maximum Gasteiger partial charge on any atom is 0.124 e. The second-order valence-electron chi connectivity index (χ2n) is 4.58. The Kier molecular flexibility index (Phi) is 1.96. The van der Waals surface area contributed by atoms with Crippen LogP contribution < -0.4 is 5.32 Å². The molecule has 1 fully saturated rings. The summed E-state index contributed by atoms with van der Waals surface area (Å²) >= 11 is 0. The van der Waals surface area contributed by atoms with Crippen molar-refractivity contribution in [3.63, 3.8) is 0 Å². The molecule has 1 unspecified atom stereocenters. The number of hydrogen-bond donors (Lipinski definition) is 1. The summed E-state index contributed by atoms with van der Waals surface area (Å²) in [5.41, 5.74) is 0. The van der Waals surface area contributed by atoms with Crippen LogP contribution in [0.15, 0.2) is 12.3 Å². The van der Waals surface area contributed by atoms with Crippen molar-refractivity contribution in [1.29, 1.82) is 0 Å². The second kappa shape index (κ2) is 3.30. The van der Waals surface area contributed by atoms with Crippen LogP contribution >= 0.6 is 0 Å². The van der Waals surface area contributed by atoms with Crippen LogP contribution in [0.2, 0.25) is 0 Å². The van der Waals surface area contributed by atoms with Gasteiger partial charge in [0.05, 0.1) is 6.20 Å². The van der Waals surface area contributed by atoms with Gasteiger partial charge in [-0.2, -0.15) is 5.10 Å². The molecular weight excluding hydrogens is 174 g/mol. The molecule has 76 valence electrons. The first-order valence-electron chi connectivity index (χ1n) is 5.69. The van der Waals surface area contributed by atoms with Crippen molar-refractivity contribution >= 4 is 5.82 Å². The fraction of sp³-hybridized carbons (Fsp3) is 0.727. The van der Waals surface area contributed by atoms with Gasteiger partial charge in [-0.05, 0) is 11.8 Å². The first-order valence-corrected chi connectivity index (χ1v) is 5.69. The molecule has 0 radical (unpaired) electrons. The van der Waals surface area contributed by atoms with Gasteiger partial charge < -0.3 is 5.32 Å². The molecule has 1 aromatic rings. The minimum atomic E-state index is 0.810. The van der Waals surface area contributed by atoms with Crippen LogP contribution in [0.5, 0.6) is 0 Å². The van der Waals surface area contributed by atoms with Crippen LogP contribution in [0.25, 0.3) is 0 Å². The van der Waals surface area contributed by atoms with Gasteiger partial charge >= 0.3 is 0 Å². The van der Waals surface area contributed by atoms with E-state index in [2.05, 4.69) is 21.2 Å². The van der Waals surface area contributed by atoms with Gasteiger partial charge in [0, 0.05) is 19.2 Å². The molecule has 1 aliphatic carbocycles. The van der Waals surface area contributed by atoms with E-state index >= 15 is 0 Å². The van der Waals surface area contributed by atoms with Gasteiger partial charge in [0.25, 0.3) is 0 Å². The lowest BCUT2D eigenvalue weighted by atomic mass is 9.90. The molecule has 1 atom stereocenters. The lowest BCUT2D eigenvalue weighted by molar-refractivity contribution is 0.290. The van der Waals surface area contributed by atoms with Crippen LogP contribution in [0.4, 0.5) is 5.82 Å². The molecule has 3 rings (SSSR count). The van der Waals surface area contributed by atoms with Crippen LogP contribution in [0.3, 0.4) is 0 Å². The number of fused-ring (bicyclic) bond motifs is 1. The fourth-order valence-corrected chi connectivity index (χ4v) is 2.90. The average Bonchev–Trinajstić information content (AvgIpc) is 2.88. The average molecular weight is 191 g/mol. The smallest absolute Gasteiger partial charge is 0.124 e. The molecule has 1 aromatic heterocycles. The monoisotopic (exact) mass is 191 g/mol. The predicted octanol–water partition coefficient (Wildman–Crippen LogP) is 2.12. The summed E-state index contributed by atoms with van der Waals surface area (Å²) in [6.45, 7) is 2.27. The lowest BCUT2D eigenvalue weighted by Gasteiger charge is -2.29. The maximum absolute atomic E-state index is 4.33. The molecule has 0 aromatic carbocycles. The lowest BCUT2D eigenvalue weighted by Crippen LogP contribution is -2.32. The quantitative estimate of drug-likeness (QED) is 0.737. The standard InChI is InChI=1S/C11H17N3/c1-2-4-9(3-1)10-7-12-11-5-6-13-14(11)8-10/h5-6,9-10,12H,1-4,7-8H2. The highest BCUT2D eigenvalue weighted by atomic mass is 15.3. The van der Waals surface area contributed by atoms with Crippen molar-refractivity contribution < 1.29 is 0 Å². The summed E-state index contributed by atoms with van der Waals surface area (Å²) < 4.78 is 2.12. The van der Waals surface area contributed by atoms with E-state index in [1.54, 1.807) is 0 Å². The van der Waals surface area contributed by atoms with Crippen molar-refractivity contribution in [3.8, 4) is 0 Å². The van der Waals surface area contributed by atoms with Crippen molar-refractivity contribution in [3.05, 3.63) is 12.3 Å². The second-order valence-corrected chi connectivity index (χ2v) is 4.58. The highest BCUT2D eigenvalue weighted by molar-refractivity contribution is 5.35. The molecule has 14 heavy (non-hydrogen) atoms. The topological polar surface area (TPSA) is 29.9 Å². The fourth-order valence-electron chi connectivity index (χ4n) is 2.90. The number of hydrogen-bond acceptors (Lipinski definition) is 2. The first-order chi connectivity index (χ1) is 6.93. The van der Waals surface area contributed by atoms with E-state index in [4.69, 9.17) is 0 Å². The molecule has 3 nitrogen and oxygen atoms in total. The molecule has 0 spiro atoms. The summed E-state index contributed by atoms with van der Waals surface area (Å²) in [6, 6.07) is 2.06. The molecule has 1 saturated carbocycles. The molecule has 1 N–H and O–H groups in total. The van der Waals surface area contributed by atoms with Gasteiger partial charge in [0.1, 0.15) is 5.82 Å². The zero-order valence-electron chi connectivity index (χ0n) is 8.45. The van der Waals surface area contributed by atoms with E-state index in [0.717, 1.165) is 24.9 Å². The molecule has 0 saturated heterocycles. The van der Waals surface area contributed by atoms with E-state index in [9.17, 15) is 0 Å². The normalized spacial score (nSPS) is 27.3. The Morgan fingerprint density at radius 2 is 2.14 bits per heavy atom. The molecular formula is C11H17N3. The third-order valence-electron chi connectivity index (χ3n) is 3.74. The van der Waals surface area contributed by atoms with Crippen molar-refractivity contribution in [2.24, 2.45) is 11.8 Å². The van der Waals surface area contributed by atoms with E-state index in [-0.39, 0.29) is 0 Å². The number of nitrogens with one attached hydrogen (secondary N) is 1. The van der Waals surface area contributed by atoms with Gasteiger partial charge in [0.2, 0.25) is 0 Å². The van der Waals surface area contributed by atoms with Gasteiger partial charge in [0.15, 0.2) is 0 Å². The van der Waals surface area contributed by atoms with Crippen LogP contribution in [-0.2, 0) is 6.54 Å². The zero-order valence-corrected chi connectivity index (χ0v) is 8.45. The van der Waals surface area contributed by atoms with Gasteiger partial charge in [-0.3, -0.25) is 0 Å². The Bertz CT molecular complexity index is 312. The molecule has 3 heteroatoms. The Labute approximate surface area is 84.5 Å². The third kappa shape index (κ3) is 1.31. The molecule has 0 amide bonds. The van der Waals surface area contributed by atoms with Crippen molar-refractivity contribution in [2.75, 3.05) is 11.9 Å². The minimum absolute atomic E-state index is 0.810. The van der Waals surface area contributed by atoms with E-state index in [1.807, 2.05) is 6.20 Å². The van der Waals surface area contributed by atoms with E-state index in [0.29, 0.717) is 0 Å². The number of aromatic nitrogens is 2. The Hall–Kier alpha value is -0.990. The van der Waals surface area contributed by atoms with E-state index in [1.165, 1.54) is 31.5 Å². The summed E-state index contributed by atoms with van der Waals surface area (Å²) in [6.07, 6.45) is 7.63. The number of anilines is 1. The summed E-state index contributed by atoms with van der Waals surface area (Å²) in [5.74, 6) is 2.95. The van der Waals surface area contributed by atoms with Crippen LogP contribution in [-0.4, -0.2) is 16.3 Å².